The Hall–Kier alpha value is -3.29. The van der Waals surface area contributed by atoms with E-state index in [2.05, 4.69) is 10.3 Å². The highest BCUT2D eigenvalue weighted by atomic mass is 16.5. The van der Waals surface area contributed by atoms with Crippen LogP contribution in [0.15, 0.2) is 54.7 Å². The molecule has 1 aromatic heterocycles. The van der Waals surface area contributed by atoms with Gasteiger partial charge in [0.2, 0.25) is 0 Å². The van der Waals surface area contributed by atoms with E-state index in [0.29, 0.717) is 23.0 Å². The molecule has 0 radical (unpaired) electrons. The van der Waals surface area contributed by atoms with Gasteiger partial charge in [0.15, 0.2) is 0 Å². The van der Waals surface area contributed by atoms with E-state index >= 15 is 0 Å². The average molecular weight is 433 g/mol. The number of aliphatic hydroxyl groups excluding tert-OH is 1. The second kappa shape index (κ2) is 9.89. The summed E-state index contributed by atoms with van der Waals surface area (Å²) in [7, 11) is 0. The van der Waals surface area contributed by atoms with Gasteiger partial charge in [-0.3, -0.25) is 4.79 Å². The number of rotatable bonds is 6. The van der Waals surface area contributed by atoms with Gasteiger partial charge < -0.3 is 20.9 Å². The highest BCUT2D eigenvalue weighted by Crippen LogP contribution is 2.30. The molecule has 0 saturated carbocycles. The van der Waals surface area contributed by atoms with E-state index < -0.39 is 6.04 Å². The molecule has 4 rings (SSSR count). The van der Waals surface area contributed by atoms with Gasteiger partial charge in [0.1, 0.15) is 11.5 Å². The lowest BCUT2D eigenvalue weighted by atomic mass is 9.96. The molecule has 1 atom stereocenters. The minimum Gasteiger partial charge on any atom is -0.394 e. The lowest BCUT2D eigenvalue weighted by Gasteiger charge is -2.22. The number of amides is 1. The molecule has 166 valence electrons. The number of carbonyl (C=O) groups excluding carboxylic acids is 1. The van der Waals surface area contributed by atoms with Crippen LogP contribution in [0.2, 0.25) is 0 Å². The van der Waals surface area contributed by atoms with Crippen LogP contribution in [0.4, 0.5) is 5.82 Å². The lowest BCUT2D eigenvalue weighted by Crippen LogP contribution is -2.31. The van der Waals surface area contributed by atoms with Crippen LogP contribution in [0.1, 0.15) is 52.0 Å². The molecule has 2 aromatic carbocycles. The second-order valence-corrected chi connectivity index (χ2v) is 8.06. The van der Waals surface area contributed by atoms with Crippen molar-refractivity contribution in [3.8, 4) is 11.3 Å². The summed E-state index contributed by atoms with van der Waals surface area (Å²) in [6.07, 6.45) is 3.59. The molecule has 0 spiro atoms. The topological polar surface area (TPSA) is 110 Å². The SMILES string of the molecule is Cc1cc(-c2nc(C3CCOCC3)cnc2N)ccc1C(=O)NC(CO)c1ccccc1. The summed E-state index contributed by atoms with van der Waals surface area (Å²) in [6, 6.07) is 14.4. The second-order valence-electron chi connectivity index (χ2n) is 8.06. The van der Waals surface area contributed by atoms with Gasteiger partial charge in [-0.2, -0.15) is 0 Å². The van der Waals surface area contributed by atoms with Crippen LogP contribution in [-0.2, 0) is 4.74 Å². The Balaban J connectivity index is 1.56. The number of nitrogens with one attached hydrogen (secondary N) is 1. The number of aromatic nitrogens is 2. The summed E-state index contributed by atoms with van der Waals surface area (Å²) in [5.74, 6) is 0.434. The molecule has 2 heterocycles. The van der Waals surface area contributed by atoms with Crippen molar-refractivity contribution in [2.45, 2.75) is 31.7 Å². The van der Waals surface area contributed by atoms with Crippen LogP contribution in [0.3, 0.4) is 0 Å². The Morgan fingerprint density at radius 2 is 1.97 bits per heavy atom. The minimum absolute atomic E-state index is 0.183. The molecule has 1 unspecified atom stereocenters. The third-order valence-electron chi connectivity index (χ3n) is 5.89. The summed E-state index contributed by atoms with van der Waals surface area (Å²) < 4.78 is 5.45. The van der Waals surface area contributed by atoms with Gasteiger partial charge in [-0.15, -0.1) is 0 Å². The molecular formula is C25H28N4O3. The maximum absolute atomic E-state index is 12.9. The van der Waals surface area contributed by atoms with Crippen molar-refractivity contribution in [2.75, 3.05) is 25.6 Å². The van der Waals surface area contributed by atoms with Crippen molar-refractivity contribution >= 4 is 11.7 Å². The van der Waals surface area contributed by atoms with E-state index in [0.717, 1.165) is 48.4 Å². The molecule has 32 heavy (non-hydrogen) atoms. The number of aryl methyl sites for hydroxylation is 1. The molecule has 7 heteroatoms. The van der Waals surface area contributed by atoms with Crippen LogP contribution in [0, 0.1) is 6.92 Å². The number of hydrogen-bond donors (Lipinski definition) is 3. The third kappa shape index (κ3) is 4.79. The van der Waals surface area contributed by atoms with E-state index in [1.54, 1.807) is 12.3 Å². The number of benzene rings is 2. The Bertz CT molecular complexity index is 1080. The summed E-state index contributed by atoms with van der Waals surface area (Å²) in [4.78, 5) is 22.1. The van der Waals surface area contributed by atoms with Crippen LogP contribution in [0.25, 0.3) is 11.3 Å². The number of nitrogen functional groups attached to an aromatic ring is 1. The Labute approximate surface area is 187 Å². The van der Waals surface area contributed by atoms with E-state index in [9.17, 15) is 9.90 Å². The largest absolute Gasteiger partial charge is 0.394 e. The van der Waals surface area contributed by atoms with Gasteiger partial charge in [-0.1, -0.05) is 36.4 Å². The number of aliphatic hydroxyl groups is 1. The number of carbonyl (C=O) groups is 1. The number of ether oxygens (including phenoxy) is 1. The molecule has 1 aliphatic rings. The third-order valence-corrected chi connectivity index (χ3v) is 5.89. The smallest absolute Gasteiger partial charge is 0.252 e. The predicted octanol–water partition coefficient (Wildman–Crippen LogP) is 3.39. The van der Waals surface area contributed by atoms with Gasteiger partial charge in [0.05, 0.1) is 24.5 Å². The zero-order chi connectivity index (χ0) is 22.5. The maximum Gasteiger partial charge on any atom is 0.252 e. The fraction of sp³-hybridized carbons (Fsp3) is 0.320. The molecule has 0 bridgehead atoms. The number of nitrogens with zero attached hydrogens (tertiary/aromatic N) is 2. The molecule has 7 nitrogen and oxygen atoms in total. The first kappa shape index (κ1) is 21.9. The number of anilines is 1. The molecule has 1 aliphatic heterocycles. The zero-order valence-corrected chi connectivity index (χ0v) is 18.1. The van der Waals surface area contributed by atoms with Crippen molar-refractivity contribution in [1.29, 1.82) is 0 Å². The number of hydrogen-bond acceptors (Lipinski definition) is 6. The van der Waals surface area contributed by atoms with Crippen LogP contribution >= 0.6 is 0 Å². The average Bonchev–Trinajstić information content (AvgIpc) is 2.83. The Morgan fingerprint density at radius 3 is 2.66 bits per heavy atom. The maximum atomic E-state index is 12.9. The monoisotopic (exact) mass is 432 g/mol. The van der Waals surface area contributed by atoms with Crippen molar-refractivity contribution in [3.05, 3.63) is 77.1 Å². The Morgan fingerprint density at radius 1 is 1.22 bits per heavy atom. The first-order valence-corrected chi connectivity index (χ1v) is 10.8. The minimum atomic E-state index is -0.472. The molecule has 3 aromatic rings. The van der Waals surface area contributed by atoms with Crippen LogP contribution < -0.4 is 11.1 Å². The highest BCUT2D eigenvalue weighted by molar-refractivity contribution is 5.96. The van der Waals surface area contributed by atoms with Crippen molar-refractivity contribution in [2.24, 2.45) is 0 Å². The van der Waals surface area contributed by atoms with Gasteiger partial charge in [-0.05, 0) is 43.0 Å². The molecule has 1 amide bonds. The predicted molar refractivity (Wildman–Crippen MR) is 123 cm³/mol. The fourth-order valence-corrected chi connectivity index (χ4v) is 4.04. The standard InChI is InChI=1S/C25H28N4O3/c1-16-13-19(23-24(26)27-14-21(28-23)18-9-11-32-12-10-18)7-8-20(16)25(31)29-22(15-30)17-5-3-2-4-6-17/h2-8,13-14,18,22,30H,9-12,15H2,1H3,(H2,26,27)(H,29,31). The zero-order valence-electron chi connectivity index (χ0n) is 18.1. The molecule has 0 aliphatic carbocycles. The van der Waals surface area contributed by atoms with E-state index in [1.165, 1.54) is 0 Å². The quantitative estimate of drug-likeness (QED) is 0.551. The van der Waals surface area contributed by atoms with Crippen LogP contribution in [-0.4, -0.2) is 40.8 Å². The molecule has 1 fully saturated rings. The first-order chi connectivity index (χ1) is 15.6. The molecular weight excluding hydrogens is 404 g/mol. The van der Waals surface area contributed by atoms with Crippen molar-refractivity contribution in [3.63, 3.8) is 0 Å². The normalized spacial score (nSPS) is 15.3. The van der Waals surface area contributed by atoms with Gasteiger partial charge in [0, 0.05) is 30.3 Å². The fourth-order valence-electron chi connectivity index (χ4n) is 4.04. The van der Waals surface area contributed by atoms with E-state index in [1.807, 2.05) is 49.4 Å². The van der Waals surface area contributed by atoms with Gasteiger partial charge in [-0.25, -0.2) is 9.97 Å². The summed E-state index contributed by atoms with van der Waals surface area (Å²) in [5, 5.41) is 12.7. The first-order valence-electron chi connectivity index (χ1n) is 10.8. The van der Waals surface area contributed by atoms with Gasteiger partial charge >= 0.3 is 0 Å². The summed E-state index contributed by atoms with van der Waals surface area (Å²) >= 11 is 0. The Kier molecular flexibility index (Phi) is 6.78. The molecule has 4 N–H and O–H groups in total. The highest BCUT2D eigenvalue weighted by Gasteiger charge is 2.21. The van der Waals surface area contributed by atoms with E-state index in [4.69, 9.17) is 15.5 Å². The van der Waals surface area contributed by atoms with E-state index in [-0.39, 0.29) is 12.5 Å². The summed E-state index contributed by atoms with van der Waals surface area (Å²) in [5.41, 5.74) is 10.7. The van der Waals surface area contributed by atoms with Crippen molar-refractivity contribution < 1.29 is 14.6 Å². The van der Waals surface area contributed by atoms with Gasteiger partial charge in [0.25, 0.3) is 5.91 Å². The molecule has 1 saturated heterocycles. The lowest BCUT2D eigenvalue weighted by molar-refractivity contribution is 0.0844. The van der Waals surface area contributed by atoms with Crippen molar-refractivity contribution in [1.82, 2.24) is 15.3 Å². The van der Waals surface area contributed by atoms with Crippen LogP contribution in [0.5, 0.6) is 0 Å². The summed E-state index contributed by atoms with van der Waals surface area (Å²) in [6.45, 7) is 3.15. The number of nitrogens with two attached hydrogens (primary N) is 1.